The molecule has 5 heteroatoms. The van der Waals surface area contributed by atoms with Crippen LogP contribution in [0.4, 0.5) is 0 Å². The van der Waals surface area contributed by atoms with E-state index >= 15 is 0 Å². The lowest BCUT2D eigenvalue weighted by atomic mass is 10.1. The first kappa shape index (κ1) is 14.8. The molecule has 1 aromatic carbocycles. The van der Waals surface area contributed by atoms with Gasteiger partial charge in [0.05, 0.1) is 6.61 Å². The fraction of sp³-hybridized carbons (Fsp3) is 0.533. The summed E-state index contributed by atoms with van der Waals surface area (Å²) in [5.41, 5.74) is 0.706. The van der Waals surface area contributed by atoms with Crippen molar-refractivity contribution in [1.29, 1.82) is 0 Å². The molecule has 0 aliphatic carbocycles. The van der Waals surface area contributed by atoms with Crippen LogP contribution in [0.3, 0.4) is 0 Å². The molecule has 0 saturated carbocycles. The van der Waals surface area contributed by atoms with E-state index in [9.17, 15) is 4.79 Å². The second-order valence-corrected chi connectivity index (χ2v) is 4.92. The molecule has 5 nitrogen and oxygen atoms in total. The first-order valence-corrected chi connectivity index (χ1v) is 6.96. The SMILES string of the molecule is COCCOc1ccc(C(=O)N2CCNC[C@H]2C)cc1. The van der Waals surface area contributed by atoms with Gasteiger partial charge in [-0.3, -0.25) is 4.79 Å². The lowest BCUT2D eigenvalue weighted by Crippen LogP contribution is -2.52. The number of nitrogens with zero attached hydrogens (tertiary/aromatic N) is 1. The van der Waals surface area contributed by atoms with Crippen LogP contribution in [0.15, 0.2) is 24.3 Å². The Bertz CT molecular complexity index is 433. The van der Waals surface area contributed by atoms with E-state index in [0.717, 1.165) is 25.4 Å². The van der Waals surface area contributed by atoms with Crippen molar-refractivity contribution in [3.63, 3.8) is 0 Å². The highest BCUT2D eigenvalue weighted by Crippen LogP contribution is 2.15. The Labute approximate surface area is 119 Å². The normalized spacial score (nSPS) is 18.9. The molecule has 1 atom stereocenters. The van der Waals surface area contributed by atoms with Gasteiger partial charge in [0.1, 0.15) is 12.4 Å². The molecule has 1 aromatic rings. The summed E-state index contributed by atoms with van der Waals surface area (Å²) in [5, 5.41) is 3.28. The van der Waals surface area contributed by atoms with Crippen LogP contribution in [0, 0.1) is 0 Å². The van der Waals surface area contributed by atoms with Gasteiger partial charge in [0.15, 0.2) is 0 Å². The molecule has 1 aliphatic rings. The van der Waals surface area contributed by atoms with Gasteiger partial charge in [0.2, 0.25) is 0 Å². The highest BCUT2D eigenvalue weighted by atomic mass is 16.5. The Kier molecular flexibility index (Phi) is 5.38. The molecule has 0 spiro atoms. The largest absolute Gasteiger partial charge is 0.491 e. The Balaban J connectivity index is 1.96. The molecule has 1 aliphatic heterocycles. The van der Waals surface area contributed by atoms with Crippen LogP contribution in [0.1, 0.15) is 17.3 Å². The number of carbonyl (C=O) groups is 1. The molecule has 0 radical (unpaired) electrons. The van der Waals surface area contributed by atoms with Crippen LogP contribution < -0.4 is 10.1 Å². The quantitative estimate of drug-likeness (QED) is 0.821. The lowest BCUT2D eigenvalue weighted by Gasteiger charge is -2.34. The molecule has 1 fully saturated rings. The van der Waals surface area contributed by atoms with Gasteiger partial charge in [0.25, 0.3) is 5.91 Å². The number of nitrogens with one attached hydrogen (secondary N) is 1. The second-order valence-electron chi connectivity index (χ2n) is 4.92. The highest BCUT2D eigenvalue weighted by molar-refractivity contribution is 5.94. The van der Waals surface area contributed by atoms with Crippen molar-refractivity contribution < 1.29 is 14.3 Å². The third-order valence-electron chi connectivity index (χ3n) is 3.42. The van der Waals surface area contributed by atoms with Crippen LogP contribution in [0.2, 0.25) is 0 Å². The number of methoxy groups -OCH3 is 1. The third kappa shape index (κ3) is 3.71. The monoisotopic (exact) mass is 278 g/mol. The van der Waals surface area contributed by atoms with E-state index in [1.54, 1.807) is 7.11 Å². The number of hydrogen-bond donors (Lipinski definition) is 1. The number of benzene rings is 1. The van der Waals surface area contributed by atoms with Gasteiger partial charge in [-0.1, -0.05) is 0 Å². The van der Waals surface area contributed by atoms with Gasteiger partial charge in [0, 0.05) is 38.3 Å². The molecule has 20 heavy (non-hydrogen) atoms. The summed E-state index contributed by atoms with van der Waals surface area (Å²) in [6.45, 7) is 5.59. The molecule has 0 bridgehead atoms. The molecule has 1 amide bonds. The topological polar surface area (TPSA) is 50.8 Å². The minimum absolute atomic E-state index is 0.0856. The Morgan fingerprint density at radius 2 is 2.10 bits per heavy atom. The van der Waals surface area contributed by atoms with E-state index in [4.69, 9.17) is 9.47 Å². The number of carbonyl (C=O) groups excluding carboxylic acids is 1. The van der Waals surface area contributed by atoms with Crippen LogP contribution in [0.5, 0.6) is 5.75 Å². The molecular weight excluding hydrogens is 256 g/mol. The number of hydrogen-bond acceptors (Lipinski definition) is 4. The minimum Gasteiger partial charge on any atom is -0.491 e. The summed E-state index contributed by atoms with van der Waals surface area (Å²) >= 11 is 0. The molecule has 1 N–H and O–H groups in total. The molecule has 1 saturated heterocycles. The number of piperazine rings is 1. The van der Waals surface area contributed by atoms with Crippen molar-refractivity contribution in [3.05, 3.63) is 29.8 Å². The molecule has 1 heterocycles. The first-order chi connectivity index (χ1) is 9.72. The fourth-order valence-corrected chi connectivity index (χ4v) is 2.25. The van der Waals surface area contributed by atoms with Crippen molar-refractivity contribution in [2.24, 2.45) is 0 Å². The van der Waals surface area contributed by atoms with Gasteiger partial charge in [-0.05, 0) is 31.2 Å². The second kappa shape index (κ2) is 7.26. The molecule has 2 rings (SSSR count). The van der Waals surface area contributed by atoms with Crippen LogP contribution in [-0.2, 0) is 4.74 Å². The number of rotatable bonds is 5. The standard InChI is InChI=1S/C15H22N2O3/c1-12-11-16-7-8-17(12)15(18)13-3-5-14(6-4-13)20-10-9-19-2/h3-6,12,16H,7-11H2,1-2H3/t12-/m1/s1. The maximum Gasteiger partial charge on any atom is 0.254 e. The van der Waals surface area contributed by atoms with Gasteiger partial charge < -0.3 is 19.7 Å². The predicted molar refractivity (Wildman–Crippen MR) is 77.2 cm³/mol. The average Bonchev–Trinajstić information content (AvgIpc) is 2.48. The first-order valence-electron chi connectivity index (χ1n) is 6.96. The lowest BCUT2D eigenvalue weighted by molar-refractivity contribution is 0.0655. The summed E-state index contributed by atoms with van der Waals surface area (Å²) in [7, 11) is 1.64. The summed E-state index contributed by atoms with van der Waals surface area (Å²) in [5.74, 6) is 0.842. The Morgan fingerprint density at radius 1 is 1.35 bits per heavy atom. The molecular formula is C15H22N2O3. The number of ether oxygens (including phenoxy) is 2. The zero-order chi connectivity index (χ0) is 14.4. The van der Waals surface area contributed by atoms with Gasteiger partial charge in [-0.25, -0.2) is 0 Å². The van der Waals surface area contributed by atoms with E-state index in [-0.39, 0.29) is 11.9 Å². The van der Waals surface area contributed by atoms with Crippen molar-refractivity contribution in [2.75, 3.05) is 40.0 Å². The zero-order valence-corrected chi connectivity index (χ0v) is 12.1. The van der Waals surface area contributed by atoms with Gasteiger partial charge in [-0.15, -0.1) is 0 Å². The van der Waals surface area contributed by atoms with E-state index in [0.29, 0.717) is 18.8 Å². The maximum absolute atomic E-state index is 12.4. The van der Waals surface area contributed by atoms with E-state index in [1.807, 2.05) is 29.2 Å². The third-order valence-corrected chi connectivity index (χ3v) is 3.42. The Hall–Kier alpha value is -1.59. The zero-order valence-electron chi connectivity index (χ0n) is 12.1. The molecule has 0 unspecified atom stereocenters. The van der Waals surface area contributed by atoms with Crippen molar-refractivity contribution in [2.45, 2.75) is 13.0 Å². The molecule has 110 valence electrons. The fourth-order valence-electron chi connectivity index (χ4n) is 2.25. The Morgan fingerprint density at radius 3 is 2.75 bits per heavy atom. The summed E-state index contributed by atoms with van der Waals surface area (Å²) in [6.07, 6.45) is 0. The van der Waals surface area contributed by atoms with E-state index < -0.39 is 0 Å². The van der Waals surface area contributed by atoms with E-state index in [1.165, 1.54) is 0 Å². The van der Waals surface area contributed by atoms with Crippen molar-refractivity contribution >= 4 is 5.91 Å². The van der Waals surface area contributed by atoms with Crippen molar-refractivity contribution in [3.8, 4) is 5.75 Å². The smallest absolute Gasteiger partial charge is 0.254 e. The summed E-state index contributed by atoms with van der Waals surface area (Å²) in [6, 6.07) is 7.53. The minimum atomic E-state index is 0.0856. The number of amides is 1. The van der Waals surface area contributed by atoms with Crippen molar-refractivity contribution in [1.82, 2.24) is 10.2 Å². The predicted octanol–water partition coefficient (Wildman–Crippen LogP) is 1.15. The highest BCUT2D eigenvalue weighted by Gasteiger charge is 2.23. The van der Waals surface area contributed by atoms with E-state index in [2.05, 4.69) is 12.2 Å². The molecule has 0 aromatic heterocycles. The van der Waals surface area contributed by atoms with Gasteiger partial charge >= 0.3 is 0 Å². The van der Waals surface area contributed by atoms with Gasteiger partial charge in [-0.2, -0.15) is 0 Å². The average molecular weight is 278 g/mol. The van der Waals surface area contributed by atoms with Crippen LogP contribution >= 0.6 is 0 Å². The summed E-state index contributed by atoms with van der Waals surface area (Å²) in [4.78, 5) is 14.3. The maximum atomic E-state index is 12.4. The van der Waals surface area contributed by atoms with Crippen LogP contribution in [0.25, 0.3) is 0 Å². The van der Waals surface area contributed by atoms with Crippen LogP contribution in [-0.4, -0.2) is 56.8 Å². The summed E-state index contributed by atoms with van der Waals surface area (Å²) < 4.78 is 10.4.